The van der Waals surface area contributed by atoms with E-state index in [1.807, 2.05) is 62.5 Å². The molecule has 0 saturated heterocycles. The summed E-state index contributed by atoms with van der Waals surface area (Å²) in [6.45, 7) is 6.10. The Morgan fingerprint density at radius 2 is 1.74 bits per heavy atom. The smallest absolute Gasteiger partial charge is 0.267 e. The van der Waals surface area contributed by atoms with Crippen LogP contribution < -0.4 is 10.9 Å². The summed E-state index contributed by atoms with van der Waals surface area (Å²) in [5, 5.41) is 6.69. The van der Waals surface area contributed by atoms with E-state index in [9.17, 15) is 9.59 Å². The maximum Gasteiger partial charge on any atom is 0.267 e. The van der Waals surface area contributed by atoms with Crippen LogP contribution in [0, 0.1) is 20.8 Å². The summed E-state index contributed by atoms with van der Waals surface area (Å²) in [6.07, 6.45) is 4.17. The van der Waals surface area contributed by atoms with Gasteiger partial charge in [0.25, 0.3) is 5.56 Å². The highest BCUT2D eigenvalue weighted by atomic mass is 32.2. The van der Waals surface area contributed by atoms with Crippen LogP contribution in [0.4, 0.5) is 5.13 Å². The van der Waals surface area contributed by atoms with Gasteiger partial charge in [0.15, 0.2) is 10.3 Å². The normalized spacial score (nSPS) is 13.0. The molecule has 1 aliphatic carbocycles. The Kier molecular flexibility index (Phi) is 7.14. The third-order valence-corrected chi connectivity index (χ3v) is 9.74. The van der Waals surface area contributed by atoms with Gasteiger partial charge in [-0.25, -0.2) is 9.97 Å². The van der Waals surface area contributed by atoms with Gasteiger partial charge in [0, 0.05) is 15.8 Å². The highest BCUT2D eigenvalue weighted by Crippen LogP contribution is 2.35. The molecule has 198 valence electrons. The van der Waals surface area contributed by atoms with Crippen LogP contribution in [-0.4, -0.2) is 26.2 Å². The summed E-state index contributed by atoms with van der Waals surface area (Å²) in [5.74, 6) is -0.0654. The maximum absolute atomic E-state index is 14.0. The predicted octanol–water partition coefficient (Wildman–Crippen LogP) is 7.11. The van der Waals surface area contributed by atoms with Gasteiger partial charge in [-0.05, 0) is 75.3 Å². The first-order chi connectivity index (χ1) is 18.9. The van der Waals surface area contributed by atoms with E-state index in [2.05, 4.69) is 16.4 Å². The van der Waals surface area contributed by atoms with Gasteiger partial charge in [0.2, 0.25) is 5.91 Å². The Labute approximate surface area is 239 Å². The van der Waals surface area contributed by atoms with Crippen LogP contribution in [0.25, 0.3) is 27.2 Å². The fourth-order valence-corrected chi connectivity index (χ4v) is 7.92. The number of anilines is 1. The molecule has 9 heteroatoms. The Morgan fingerprint density at radius 1 is 1.00 bits per heavy atom. The molecule has 0 radical (unpaired) electrons. The Balaban J connectivity index is 1.30. The number of aromatic nitrogens is 3. The van der Waals surface area contributed by atoms with Crippen molar-refractivity contribution in [3.63, 3.8) is 0 Å². The van der Waals surface area contributed by atoms with Crippen molar-refractivity contribution in [3.05, 3.63) is 85.3 Å². The van der Waals surface area contributed by atoms with Crippen LogP contribution >= 0.6 is 34.4 Å². The quantitative estimate of drug-likeness (QED) is 0.173. The zero-order valence-electron chi connectivity index (χ0n) is 22.0. The monoisotopic (exact) mass is 572 g/mol. The third-order valence-electron chi connectivity index (χ3n) is 6.85. The number of fused-ring (bicyclic) bond motifs is 3. The van der Waals surface area contributed by atoms with Crippen molar-refractivity contribution in [2.75, 3.05) is 11.1 Å². The third kappa shape index (κ3) is 5.31. The number of thiazole rings is 1. The van der Waals surface area contributed by atoms with Crippen molar-refractivity contribution in [2.45, 2.75) is 51.6 Å². The lowest BCUT2D eigenvalue weighted by molar-refractivity contribution is -0.113. The van der Waals surface area contributed by atoms with Gasteiger partial charge < -0.3 is 5.32 Å². The summed E-state index contributed by atoms with van der Waals surface area (Å²) >= 11 is 4.31. The Morgan fingerprint density at radius 3 is 2.51 bits per heavy atom. The minimum absolute atomic E-state index is 0.0463. The van der Waals surface area contributed by atoms with E-state index in [1.54, 1.807) is 15.9 Å². The molecule has 0 unspecified atom stereocenters. The van der Waals surface area contributed by atoms with Gasteiger partial charge in [-0.3, -0.25) is 14.2 Å². The molecule has 1 amide bonds. The molecule has 1 N–H and O–H groups in total. The number of thiophene rings is 1. The van der Waals surface area contributed by atoms with E-state index in [1.165, 1.54) is 39.1 Å². The first-order valence-corrected chi connectivity index (χ1v) is 15.6. The van der Waals surface area contributed by atoms with Crippen LogP contribution in [0.5, 0.6) is 0 Å². The van der Waals surface area contributed by atoms with Crippen molar-refractivity contribution in [1.82, 2.24) is 14.5 Å². The van der Waals surface area contributed by atoms with Crippen molar-refractivity contribution >= 4 is 55.7 Å². The average molecular weight is 573 g/mol. The molecular weight excluding hydrogens is 545 g/mol. The van der Waals surface area contributed by atoms with Gasteiger partial charge in [-0.1, -0.05) is 47.7 Å². The van der Waals surface area contributed by atoms with Gasteiger partial charge in [0.1, 0.15) is 4.83 Å². The summed E-state index contributed by atoms with van der Waals surface area (Å²) in [7, 11) is 0. The van der Waals surface area contributed by atoms with E-state index in [0.717, 1.165) is 64.0 Å². The van der Waals surface area contributed by atoms with Crippen molar-refractivity contribution in [2.24, 2.45) is 0 Å². The van der Waals surface area contributed by atoms with Crippen molar-refractivity contribution in [3.8, 4) is 16.9 Å². The molecule has 6 nitrogen and oxygen atoms in total. The molecular formula is C30H28N4O2S3. The number of aryl methyl sites for hydroxylation is 5. The maximum atomic E-state index is 14.0. The van der Waals surface area contributed by atoms with E-state index < -0.39 is 0 Å². The van der Waals surface area contributed by atoms with Crippen molar-refractivity contribution < 1.29 is 4.79 Å². The molecule has 0 saturated carbocycles. The fourth-order valence-electron chi connectivity index (χ4n) is 5.06. The molecule has 6 rings (SSSR count). The Hall–Kier alpha value is -3.27. The highest BCUT2D eigenvalue weighted by Gasteiger charge is 2.23. The molecule has 0 aliphatic heterocycles. The minimum atomic E-state index is -0.184. The number of carbonyl (C=O) groups is 1. The summed E-state index contributed by atoms with van der Waals surface area (Å²) < 4.78 is 1.70. The summed E-state index contributed by atoms with van der Waals surface area (Å²) in [4.78, 5) is 38.6. The second-order valence-electron chi connectivity index (χ2n) is 10.0. The molecule has 0 spiro atoms. The molecule has 0 atom stereocenters. The van der Waals surface area contributed by atoms with Crippen LogP contribution in [0.1, 0.15) is 40.0 Å². The lowest BCUT2D eigenvalue weighted by Gasteiger charge is -2.14. The number of hydrogen-bond acceptors (Lipinski definition) is 7. The molecule has 2 aromatic carbocycles. The molecule has 0 fully saturated rings. The molecule has 39 heavy (non-hydrogen) atoms. The van der Waals surface area contributed by atoms with Crippen molar-refractivity contribution in [1.29, 1.82) is 0 Å². The van der Waals surface area contributed by atoms with Gasteiger partial charge in [-0.2, -0.15) is 0 Å². The van der Waals surface area contributed by atoms with Gasteiger partial charge in [-0.15, -0.1) is 22.7 Å². The minimum Gasteiger partial charge on any atom is -0.301 e. The first-order valence-electron chi connectivity index (χ1n) is 13.0. The largest absolute Gasteiger partial charge is 0.301 e. The number of carbonyl (C=O) groups excluding carboxylic acids is 1. The SMILES string of the molecule is Cc1ccc(-c2csc(NC(=O)CSc3nc4sc5c(c4c(=O)n3-c3cc(C)cc(C)c3)CCCC5)n2)cc1. The lowest BCUT2D eigenvalue weighted by Crippen LogP contribution is -2.23. The molecule has 3 aromatic heterocycles. The van der Waals surface area contributed by atoms with E-state index in [-0.39, 0.29) is 17.2 Å². The van der Waals surface area contributed by atoms with Crippen LogP contribution in [0.2, 0.25) is 0 Å². The van der Waals surface area contributed by atoms with Crippen LogP contribution in [-0.2, 0) is 17.6 Å². The van der Waals surface area contributed by atoms with E-state index in [0.29, 0.717) is 10.3 Å². The fraction of sp³-hybridized carbons (Fsp3) is 0.267. The molecule has 1 aliphatic rings. The second kappa shape index (κ2) is 10.7. The highest BCUT2D eigenvalue weighted by molar-refractivity contribution is 7.99. The molecule has 0 bridgehead atoms. The summed E-state index contributed by atoms with van der Waals surface area (Å²) in [6, 6.07) is 14.3. The van der Waals surface area contributed by atoms with Crippen LogP contribution in [0.15, 0.2) is 57.8 Å². The number of thioether (sulfide) groups is 1. The topological polar surface area (TPSA) is 76.9 Å². The average Bonchev–Trinajstić information content (AvgIpc) is 3.52. The molecule has 5 aromatic rings. The van der Waals surface area contributed by atoms with Gasteiger partial charge in [0.05, 0.1) is 22.5 Å². The predicted molar refractivity (Wildman–Crippen MR) is 163 cm³/mol. The number of hydrogen-bond donors (Lipinski definition) is 1. The zero-order valence-corrected chi connectivity index (χ0v) is 24.5. The van der Waals surface area contributed by atoms with E-state index in [4.69, 9.17) is 4.98 Å². The zero-order chi connectivity index (χ0) is 27.1. The number of amides is 1. The standard InChI is InChI=1S/C30H28N4O2S3/c1-17-8-10-20(11-9-17)23-15-37-29(31-23)32-25(35)16-38-30-33-27-26(22-6-4-5-7-24(22)39-27)28(36)34(30)21-13-18(2)12-19(3)14-21/h8-15H,4-7,16H2,1-3H3,(H,31,32,35). The van der Waals surface area contributed by atoms with Crippen LogP contribution in [0.3, 0.4) is 0 Å². The Bertz CT molecular complexity index is 1750. The first kappa shape index (κ1) is 26.0. The summed E-state index contributed by atoms with van der Waals surface area (Å²) in [5.41, 5.74) is 7.09. The number of nitrogens with one attached hydrogen (secondary N) is 1. The number of benzene rings is 2. The lowest BCUT2D eigenvalue weighted by atomic mass is 9.97. The second-order valence-corrected chi connectivity index (χ2v) is 12.9. The molecule has 3 heterocycles. The number of rotatable bonds is 6. The van der Waals surface area contributed by atoms with E-state index >= 15 is 0 Å². The van der Waals surface area contributed by atoms with Gasteiger partial charge >= 0.3 is 0 Å². The number of nitrogens with zero attached hydrogens (tertiary/aromatic N) is 3.